The number of likely N-dealkylation sites (N-methyl/N-ethyl adjacent to an activating group) is 1. The van der Waals surface area contributed by atoms with Crippen LogP contribution in [0.5, 0.6) is 5.75 Å². The normalized spacial score (nSPS) is 11.0. The predicted octanol–water partition coefficient (Wildman–Crippen LogP) is 6.29. The molecule has 1 N–H and O–H groups in total. The van der Waals surface area contributed by atoms with Crippen molar-refractivity contribution in [3.63, 3.8) is 0 Å². The average molecular weight is 670 g/mol. The number of ether oxygens (including phenoxy) is 1. The van der Waals surface area contributed by atoms with E-state index in [0.717, 1.165) is 16.6 Å². The standard InChI is InChI=1S/C35H30Cl2N6O4/c1-22-9-12-24-6-4-8-30(34(24)41-22)47-21-26-27(36)13-15-29(33(26)37)43(3)32(45)20-40-31(44)16-11-23-10-14-28(39-18-23)35(46)42(2)25-7-5-17-38-19-25/h4-19H,20-21H2,1-3H3,(H,40,44)/b16-11+. The largest absolute Gasteiger partial charge is 0.487 e. The van der Waals surface area contributed by atoms with Gasteiger partial charge in [0.2, 0.25) is 11.8 Å². The number of benzene rings is 2. The molecular formula is C35H30Cl2N6O4. The number of aryl methyl sites for hydroxylation is 1. The Kier molecular flexibility index (Phi) is 10.4. The summed E-state index contributed by atoms with van der Waals surface area (Å²) in [5.41, 5.74) is 3.97. The monoisotopic (exact) mass is 668 g/mol. The molecule has 3 amide bonds. The molecule has 0 spiro atoms. The molecule has 0 saturated carbocycles. The number of carbonyl (C=O) groups is 3. The van der Waals surface area contributed by atoms with Gasteiger partial charge in [-0.1, -0.05) is 47.5 Å². The number of para-hydroxylation sites is 1. The highest BCUT2D eigenvalue weighted by Crippen LogP contribution is 2.35. The smallest absolute Gasteiger partial charge is 0.276 e. The Morgan fingerprint density at radius 3 is 2.51 bits per heavy atom. The molecule has 0 bridgehead atoms. The van der Waals surface area contributed by atoms with Crippen LogP contribution in [0.4, 0.5) is 11.4 Å². The van der Waals surface area contributed by atoms with Gasteiger partial charge >= 0.3 is 0 Å². The van der Waals surface area contributed by atoms with Crippen molar-refractivity contribution in [1.82, 2.24) is 20.3 Å². The summed E-state index contributed by atoms with van der Waals surface area (Å²) in [5.74, 6) is -0.610. The summed E-state index contributed by atoms with van der Waals surface area (Å²) in [6.45, 7) is 1.68. The van der Waals surface area contributed by atoms with Crippen LogP contribution in [0, 0.1) is 6.92 Å². The first-order valence-electron chi connectivity index (χ1n) is 14.4. The van der Waals surface area contributed by atoms with Crippen LogP contribution in [0.15, 0.2) is 91.4 Å². The molecule has 10 nitrogen and oxygen atoms in total. The minimum absolute atomic E-state index is 0.0506. The SMILES string of the molecule is Cc1ccc2cccc(OCc3c(Cl)ccc(N(C)C(=O)CNC(=O)/C=C/c4ccc(C(=O)N(C)c5cccnc5)nc4)c3Cl)c2n1. The maximum absolute atomic E-state index is 13.0. The molecule has 3 heterocycles. The van der Waals surface area contributed by atoms with E-state index in [1.165, 1.54) is 28.1 Å². The number of pyridine rings is 3. The first-order valence-corrected chi connectivity index (χ1v) is 15.2. The molecule has 0 radical (unpaired) electrons. The van der Waals surface area contributed by atoms with E-state index in [0.29, 0.717) is 33.3 Å². The fourth-order valence-corrected chi connectivity index (χ4v) is 5.19. The molecule has 0 aliphatic heterocycles. The van der Waals surface area contributed by atoms with Gasteiger partial charge in [0.05, 0.1) is 29.1 Å². The highest BCUT2D eigenvalue weighted by molar-refractivity contribution is 6.38. The fraction of sp³-hybridized carbons (Fsp3) is 0.143. The number of fused-ring (bicyclic) bond motifs is 1. The van der Waals surface area contributed by atoms with E-state index in [-0.39, 0.29) is 29.8 Å². The van der Waals surface area contributed by atoms with E-state index in [4.69, 9.17) is 27.9 Å². The van der Waals surface area contributed by atoms with Gasteiger partial charge in [-0.2, -0.15) is 0 Å². The fourth-order valence-electron chi connectivity index (χ4n) is 4.58. The predicted molar refractivity (Wildman–Crippen MR) is 184 cm³/mol. The molecule has 47 heavy (non-hydrogen) atoms. The molecule has 12 heteroatoms. The van der Waals surface area contributed by atoms with E-state index in [1.807, 2.05) is 37.3 Å². The number of halogens is 2. The van der Waals surface area contributed by atoms with Gasteiger partial charge in [0, 0.05) is 54.2 Å². The molecule has 2 aromatic carbocycles. The molecule has 0 fully saturated rings. The molecule has 0 atom stereocenters. The van der Waals surface area contributed by atoms with Crippen LogP contribution in [-0.4, -0.2) is 53.3 Å². The zero-order valence-electron chi connectivity index (χ0n) is 25.8. The van der Waals surface area contributed by atoms with Crippen LogP contribution < -0.4 is 19.9 Å². The lowest BCUT2D eigenvalue weighted by Gasteiger charge is -2.21. The van der Waals surface area contributed by atoms with Crippen LogP contribution in [-0.2, 0) is 16.2 Å². The quantitative estimate of drug-likeness (QED) is 0.174. The van der Waals surface area contributed by atoms with Gasteiger partial charge < -0.3 is 19.9 Å². The molecule has 3 aromatic heterocycles. The van der Waals surface area contributed by atoms with Crippen molar-refractivity contribution < 1.29 is 19.1 Å². The third-order valence-electron chi connectivity index (χ3n) is 7.28. The second kappa shape index (κ2) is 14.8. The van der Waals surface area contributed by atoms with Crippen molar-refractivity contribution in [2.45, 2.75) is 13.5 Å². The first-order chi connectivity index (χ1) is 22.6. The van der Waals surface area contributed by atoms with Gasteiger partial charge in [-0.05, 0) is 61.0 Å². The Balaban J connectivity index is 1.17. The van der Waals surface area contributed by atoms with E-state index in [2.05, 4.69) is 20.3 Å². The summed E-state index contributed by atoms with van der Waals surface area (Å²) in [7, 11) is 3.19. The molecule has 238 valence electrons. The molecule has 0 saturated heterocycles. The number of amides is 3. The van der Waals surface area contributed by atoms with Crippen LogP contribution in [0.2, 0.25) is 10.0 Å². The molecule has 0 aliphatic carbocycles. The van der Waals surface area contributed by atoms with Crippen LogP contribution in [0.25, 0.3) is 17.0 Å². The van der Waals surface area contributed by atoms with E-state index < -0.39 is 11.8 Å². The lowest BCUT2D eigenvalue weighted by Crippen LogP contribution is -2.37. The summed E-state index contributed by atoms with van der Waals surface area (Å²) in [6, 6.07) is 19.6. The Bertz CT molecular complexity index is 1970. The van der Waals surface area contributed by atoms with Crippen LogP contribution in [0.3, 0.4) is 0 Å². The van der Waals surface area contributed by atoms with E-state index in [9.17, 15) is 14.4 Å². The number of carbonyl (C=O) groups excluding carboxylic acids is 3. The number of nitrogens with zero attached hydrogens (tertiary/aromatic N) is 5. The number of anilines is 2. The number of nitrogens with one attached hydrogen (secondary N) is 1. The van der Waals surface area contributed by atoms with Gasteiger partial charge in [-0.15, -0.1) is 0 Å². The lowest BCUT2D eigenvalue weighted by atomic mass is 10.1. The summed E-state index contributed by atoms with van der Waals surface area (Å²) >= 11 is 13.2. The van der Waals surface area contributed by atoms with Crippen molar-refractivity contribution in [1.29, 1.82) is 0 Å². The Morgan fingerprint density at radius 1 is 0.936 bits per heavy atom. The zero-order chi connectivity index (χ0) is 33.5. The maximum atomic E-state index is 13.0. The molecular weight excluding hydrogens is 639 g/mol. The average Bonchev–Trinajstić information content (AvgIpc) is 3.09. The third-order valence-corrected chi connectivity index (χ3v) is 8.06. The first kappa shape index (κ1) is 33.1. The van der Waals surface area contributed by atoms with Crippen LogP contribution >= 0.6 is 23.2 Å². The molecule has 5 rings (SSSR count). The van der Waals surface area contributed by atoms with Gasteiger partial charge in [0.25, 0.3) is 5.91 Å². The van der Waals surface area contributed by atoms with Gasteiger partial charge in [-0.3, -0.25) is 24.4 Å². The van der Waals surface area contributed by atoms with Crippen LogP contribution in [0.1, 0.15) is 27.3 Å². The van der Waals surface area contributed by atoms with Gasteiger partial charge in [-0.25, -0.2) is 4.98 Å². The topological polar surface area (TPSA) is 118 Å². The zero-order valence-corrected chi connectivity index (χ0v) is 27.3. The second-order valence-corrected chi connectivity index (χ2v) is 11.3. The van der Waals surface area contributed by atoms with Crippen molar-refractivity contribution in [3.8, 4) is 5.75 Å². The molecule has 0 unspecified atom stereocenters. The van der Waals surface area contributed by atoms with Gasteiger partial charge in [0.15, 0.2) is 0 Å². The lowest BCUT2D eigenvalue weighted by molar-refractivity contribution is -0.122. The highest BCUT2D eigenvalue weighted by Gasteiger charge is 2.20. The number of hydrogen-bond acceptors (Lipinski definition) is 7. The van der Waals surface area contributed by atoms with Gasteiger partial charge in [0.1, 0.15) is 23.6 Å². The van der Waals surface area contributed by atoms with Crippen molar-refractivity contribution in [2.75, 3.05) is 30.4 Å². The number of aromatic nitrogens is 3. The Morgan fingerprint density at radius 2 is 1.77 bits per heavy atom. The number of rotatable bonds is 10. The summed E-state index contributed by atoms with van der Waals surface area (Å²) in [6.07, 6.45) is 7.50. The summed E-state index contributed by atoms with van der Waals surface area (Å²) in [5, 5.41) is 4.15. The highest BCUT2D eigenvalue weighted by atomic mass is 35.5. The molecule has 0 aliphatic rings. The Labute approximate surface area is 281 Å². The minimum Gasteiger partial charge on any atom is -0.487 e. The Hall–Kier alpha value is -5.32. The van der Waals surface area contributed by atoms with E-state index in [1.54, 1.807) is 62.9 Å². The maximum Gasteiger partial charge on any atom is 0.276 e. The number of hydrogen-bond donors (Lipinski definition) is 1. The molecule has 5 aromatic rings. The minimum atomic E-state index is -0.488. The van der Waals surface area contributed by atoms with E-state index >= 15 is 0 Å². The van der Waals surface area contributed by atoms with Crippen molar-refractivity contribution in [3.05, 3.63) is 124 Å². The summed E-state index contributed by atoms with van der Waals surface area (Å²) < 4.78 is 6.08. The van der Waals surface area contributed by atoms with Crippen molar-refractivity contribution in [2.24, 2.45) is 0 Å². The van der Waals surface area contributed by atoms with Crippen molar-refractivity contribution >= 4 is 69.3 Å². The summed E-state index contributed by atoms with van der Waals surface area (Å²) in [4.78, 5) is 53.8. The second-order valence-electron chi connectivity index (χ2n) is 10.5. The third kappa shape index (κ3) is 7.92.